The lowest BCUT2D eigenvalue weighted by atomic mass is 10.1. The zero-order chi connectivity index (χ0) is 17.4. The van der Waals surface area contributed by atoms with E-state index in [0.29, 0.717) is 11.4 Å². The number of nitrogens with one attached hydrogen (secondary N) is 1. The van der Waals surface area contributed by atoms with Crippen LogP contribution < -0.4 is 5.32 Å². The van der Waals surface area contributed by atoms with Crippen LogP contribution in [0.5, 0.6) is 0 Å². The van der Waals surface area contributed by atoms with Crippen LogP contribution in [0.2, 0.25) is 0 Å². The fraction of sp³-hybridized carbons (Fsp3) is 0.222. The van der Waals surface area contributed by atoms with Crippen LogP contribution in [0, 0.1) is 0 Å². The number of benzene rings is 1. The van der Waals surface area contributed by atoms with Gasteiger partial charge in [-0.05, 0) is 31.3 Å². The smallest absolute Gasteiger partial charge is 0.261 e. The Hall–Kier alpha value is -2.22. The highest BCUT2D eigenvalue weighted by Gasteiger charge is 2.14. The van der Waals surface area contributed by atoms with Crippen molar-refractivity contribution in [1.82, 2.24) is 19.6 Å². The fourth-order valence-electron chi connectivity index (χ4n) is 2.76. The number of carbonyl (C=O) groups is 1. The predicted octanol–water partition coefficient (Wildman–Crippen LogP) is 3.60. The molecule has 0 aliphatic rings. The Morgan fingerprint density at radius 3 is 2.76 bits per heavy atom. The molecule has 7 heteroatoms. The minimum absolute atomic E-state index is 0.0515. The first-order valence-electron chi connectivity index (χ1n) is 7.96. The molecular weight excluding hydrogens is 352 g/mol. The van der Waals surface area contributed by atoms with Gasteiger partial charge in [0.15, 0.2) is 4.96 Å². The fourth-order valence-corrected chi connectivity index (χ4v) is 4.47. The maximum atomic E-state index is 12.4. The SMILES string of the molecule is CN(C)Cc1ccc(CNC(=O)c2cc3c(nc4sccn43)s2)cc1. The first kappa shape index (κ1) is 16.3. The van der Waals surface area contributed by atoms with Crippen molar-refractivity contribution in [3.05, 3.63) is 57.9 Å². The Labute approximate surface area is 153 Å². The van der Waals surface area contributed by atoms with E-state index in [0.717, 1.165) is 27.4 Å². The minimum Gasteiger partial charge on any atom is -0.347 e. The first-order valence-corrected chi connectivity index (χ1v) is 9.65. The lowest BCUT2D eigenvalue weighted by Crippen LogP contribution is -2.21. The number of hydrogen-bond acceptors (Lipinski definition) is 5. The normalized spacial score (nSPS) is 11.6. The highest BCUT2D eigenvalue weighted by molar-refractivity contribution is 7.21. The van der Waals surface area contributed by atoms with E-state index in [4.69, 9.17) is 0 Å². The standard InChI is InChI=1S/C18H18N4OS2/c1-21(2)11-13-5-3-12(4-6-13)10-19-16(23)15-9-14-17(25-15)20-18-22(14)7-8-24-18/h3-9H,10-11H2,1-2H3,(H,19,23). The average molecular weight is 371 g/mol. The molecule has 0 saturated carbocycles. The molecule has 1 N–H and O–H groups in total. The van der Waals surface area contributed by atoms with Crippen molar-refractivity contribution in [2.75, 3.05) is 14.1 Å². The summed E-state index contributed by atoms with van der Waals surface area (Å²) in [6.45, 7) is 1.44. The summed E-state index contributed by atoms with van der Waals surface area (Å²) in [5.74, 6) is -0.0515. The molecule has 0 aliphatic carbocycles. The monoisotopic (exact) mass is 370 g/mol. The molecule has 0 aliphatic heterocycles. The van der Waals surface area contributed by atoms with Gasteiger partial charge in [0.05, 0.1) is 10.4 Å². The Morgan fingerprint density at radius 1 is 1.24 bits per heavy atom. The van der Waals surface area contributed by atoms with Gasteiger partial charge in [-0.2, -0.15) is 0 Å². The molecule has 0 radical (unpaired) electrons. The predicted molar refractivity (Wildman–Crippen MR) is 103 cm³/mol. The van der Waals surface area contributed by atoms with E-state index in [2.05, 4.69) is 53.6 Å². The van der Waals surface area contributed by atoms with E-state index in [1.807, 2.05) is 22.0 Å². The molecule has 3 aromatic heterocycles. The molecule has 0 atom stereocenters. The Balaban J connectivity index is 1.43. The Kier molecular flexibility index (Phi) is 4.29. The van der Waals surface area contributed by atoms with Crippen molar-refractivity contribution in [2.45, 2.75) is 13.1 Å². The van der Waals surface area contributed by atoms with Gasteiger partial charge in [-0.25, -0.2) is 4.98 Å². The summed E-state index contributed by atoms with van der Waals surface area (Å²) in [4.78, 5) is 21.7. The molecule has 4 rings (SSSR count). The molecule has 0 bridgehead atoms. The second-order valence-corrected chi connectivity index (χ2v) is 8.11. The molecule has 1 amide bonds. The van der Waals surface area contributed by atoms with Gasteiger partial charge < -0.3 is 10.2 Å². The maximum Gasteiger partial charge on any atom is 0.261 e. The molecule has 0 fully saturated rings. The lowest BCUT2D eigenvalue weighted by molar-refractivity contribution is 0.0955. The third kappa shape index (κ3) is 3.30. The lowest BCUT2D eigenvalue weighted by Gasteiger charge is -2.10. The van der Waals surface area contributed by atoms with Crippen LogP contribution in [-0.4, -0.2) is 34.3 Å². The number of thiazole rings is 1. The summed E-state index contributed by atoms with van der Waals surface area (Å²) in [5, 5.41) is 4.99. The number of carbonyl (C=O) groups excluding carboxylic acids is 1. The average Bonchev–Trinajstić information content (AvgIpc) is 3.25. The van der Waals surface area contributed by atoms with Crippen molar-refractivity contribution in [3.8, 4) is 0 Å². The third-order valence-corrected chi connectivity index (χ3v) is 5.71. The van der Waals surface area contributed by atoms with Crippen LogP contribution in [0.4, 0.5) is 0 Å². The van der Waals surface area contributed by atoms with Crippen LogP contribution in [0.3, 0.4) is 0 Å². The van der Waals surface area contributed by atoms with Gasteiger partial charge in [-0.3, -0.25) is 9.20 Å². The van der Waals surface area contributed by atoms with E-state index < -0.39 is 0 Å². The third-order valence-electron chi connectivity index (χ3n) is 3.94. The van der Waals surface area contributed by atoms with Gasteiger partial charge in [0.1, 0.15) is 4.83 Å². The summed E-state index contributed by atoms with van der Waals surface area (Å²) in [6.07, 6.45) is 1.99. The van der Waals surface area contributed by atoms with E-state index >= 15 is 0 Å². The van der Waals surface area contributed by atoms with Gasteiger partial charge >= 0.3 is 0 Å². The number of nitrogens with zero attached hydrogens (tertiary/aromatic N) is 3. The summed E-state index contributed by atoms with van der Waals surface area (Å²) in [6, 6.07) is 10.3. The molecule has 128 valence electrons. The van der Waals surface area contributed by atoms with Crippen LogP contribution >= 0.6 is 22.7 Å². The molecule has 3 heterocycles. The van der Waals surface area contributed by atoms with E-state index in [9.17, 15) is 4.79 Å². The second kappa shape index (κ2) is 6.59. The number of rotatable bonds is 5. The highest BCUT2D eigenvalue weighted by Crippen LogP contribution is 2.28. The summed E-state index contributed by atoms with van der Waals surface area (Å²) >= 11 is 3.04. The Morgan fingerprint density at radius 2 is 2.00 bits per heavy atom. The number of amides is 1. The number of thiophene rings is 1. The molecule has 5 nitrogen and oxygen atoms in total. The number of fused-ring (bicyclic) bond motifs is 3. The molecule has 4 aromatic rings. The molecule has 0 spiro atoms. The quantitative estimate of drug-likeness (QED) is 0.584. The van der Waals surface area contributed by atoms with Gasteiger partial charge in [-0.15, -0.1) is 22.7 Å². The summed E-state index contributed by atoms with van der Waals surface area (Å²) in [7, 11) is 4.10. The first-order chi connectivity index (χ1) is 12.1. The van der Waals surface area contributed by atoms with Gasteiger partial charge in [0.25, 0.3) is 5.91 Å². The van der Waals surface area contributed by atoms with E-state index in [-0.39, 0.29) is 5.91 Å². The molecule has 1 aromatic carbocycles. The van der Waals surface area contributed by atoms with E-state index in [1.54, 1.807) is 11.3 Å². The van der Waals surface area contributed by atoms with Crippen LogP contribution in [-0.2, 0) is 13.1 Å². The number of hydrogen-bond donors (Lipinski definition) is 1. The van der Waals surface area contributed by atoms with Crippen LogP contribution in [0.1, 0.15) is 20.8 Å². The van der Waals surface area contributed by atoms with Gasteiger partial charge in [-0.1, -0.05) is 24.3 Å². The van der Waals surface area contributed by atoms with E-state index in [1.165, 1.54) is 16.9 Å². The largest absolute Gasteiger partial charge is 0.347 e. The van der Waals surface area contributed by atoms with Gasteiger partial charge in [0, 0.05) is 24.7 Å². The zero-order valence-corrected chi connectivity index (χ0v) is 15.7. The topological polar surface area (TPSA) is 49.6 Å². The van der Waals surface area contributed by atoms with Crippen molar-refractivity contribution in [1.29, 1.82) is 0 Å². The number of aromatic nitrogens is 2. The summed E-state index contributed by atoms with van der Waals surface area (Å²) < 4.78 is 2.02. The summed E-state index contributed by atoms with van der Waals surface area (Å²) in [5.41, 5.74) is 3.36. The van der Waals surface area contributed by atoms with Gasteiger partial charge in [0.2, 0.25) is 0 Å². The van der Waals surface area contributed by atoms with Crippen molar-refractivity contribution in [3.63, 3.8) is 0 Å². The van der Waals surface area contributed by atoms with Crippen molar-refractivity contribution < 1.29 is 4.79 Å². The number of imidazole rings is 1. The molecule has 25 heavy (non-hydrogen) atoms. The van der Waals surface area contributed by atoms with Crippen LogP contribution in [0.25, 0.3) is 15.3 Å². The molecule has 0 saturated heterocycles. The van der Waals surface area contributed by atoms with Crippen LogP contribution in [0.15, 0.2) is 41.9 Å². The maximum absolute atomic E-state index is 12.4. The molecule has 0 unspecified atom stereocenters. The Bertz CT molecular complexity index is 1030. The second-order valence-electron chi connectivity index (χ2n) is 6.21. The highest BCUT2D eigenvalue weighted by atomic mass is 32.1. The minimum atomic E-state index is -0.0515. The molecular formula is C18H18N4OS2. The van der Waals surface area contributed by atoms with Crippen molar-refractivity contribution >= 4 is 43.9 Å². The van der Waals surface area contributed by atoms with Crippen molar-refractivity contribution in [2.24, 2.45) is 0 Å². The zero-order valence-electron chi connectivity index (χ0n) is 14.0.